The lowest BCUT2D eigenvalue weighted by molar-refractivity contribution is -0.142. The van der Waals surface area contributed by atoms with E-state index >= 15 is 0 Å². The molecule has 1 amide bonds. The van der Waals surface area contributed by atoms with Crippen LogP contribution >= 0.6 is 0 Å². The van der Waals surface area contributed by atoms with Gasteiger partial charge in [0.15, 0.2) is 5.78 Å². The molecule has 4 aliphatic rings. The van der Waals surface area contributed by atoms with Crippen LogP contribution in [0.15, 0.2) is 60.9 Å². The summed E-state index contributed by atoms with van der Waals surface area (Å²) in [5.74, 6) is -1.66. The quantitative estimate of drug-likeness (QED) is 0.115. The molecule has 4 aromatic rings. The second-order valence-corrected chi connectivity index (χ2v) is 16.3. The molecule has 8 rings (SSSR count). The minimum atomic E-state index is -0.746. The number of amides is 1. The molecule has 4 fully saturated rings. The Morgan fingerprint density at radius 1 is 0.679 bits per heavy atom. The van der Waals surface area contributed by atoms with Gasteiger partial charge in [0.1, 0.15) is 11.4 Å². The van der Waals surface area contributed by atoms with Crippen LogP contribution in [0, 0.1) is 25.7 Å². The summed E-state index contributed by atoms with van der Waals surface area (Å²) in [6, 6.07) is 15.7. The zero-order valence-electron chi connectivity index (χ0n) is 32.1. The fourth-order valence-corrected chi connectivity index (χ4v) is 8.61. The van der Waals surface area contributed by atoms with Crippen molar-refractivity contribution >= 4 is 29.3 Å². The van der Waals surface area contributed by atoms with Crippen molar-refractivity contribution in [3.05, 3.63) is 111 Å². The van der Waals surface area contributed by atoms with Crippen LogP contribution in [0.3, 0.4) is 0 Å². The standard InChI is InChI=1S/C45H49N5O6/c1-26-30(17-42(51)40-18-37(28-9-10-28)33(20-46-40)24-49-15-13-31(22-49)44(53)54)5-3-6-35(26)36-7-4-8-39(27(36)2)48-43(52)41-19-38(29-11-12-29)34(21-47-41)25-50-16-14-32(23-50)45(55)56/h3-8,18-21,28-29,31-32H,9-17,22-25H2,1-2H3,(H,48,52)(H,53,54)(H,55,56)/t31-,32-/m1/s1. The third-order valence-electron chi connectivity index (χ3n) is 12.3. The number of likely N-dealkylation sites (tertiary alicyclic amines) is 2. The van der Waals surface area contributed by atoms with Crippen LogP contribution in [-0.2, 0) is 29.1 Å². The van der Waals surface area contributed by atoms with E-state index in [0.717, 1.165) is 88.8 Å². The number of hydrogen-bond donors (Lipinski definition) is 3. The minimum absolute atomic E-state index is 0.0440. The van der Waals surface area contributed by atoms with Gasteiger partial charge in [0.2, 0.25) is 0 Å². The summed E-state index contributed by atoms with van der Waals surface area (Å²) in [5, 5.41) is 22.0. The Labute approximate surface area is 327 Å². The second kappa shape index (κ2) is 15.7. The van der Waals surface area contributed by atoms with E-state index in [-0.39, 0.29) is 29.9 Å². The maximum absolute atomic E-state index is 13.8. The summed E-state index contributed by atoms with van der Waals surface area (Å²) >= 11 is 0. The first-order chi connectivity index (χ1) is 27.0. The topological polar surface area (TPSA) is 153 Å². The van der Waals surface area contributed by atoms with Gasteiger partial charge in [0.25, 0.3) is 5.91 Å². The van der Waals surface area contributed by atoms with E-state index in [1.165, 1.54) is 0 Å². The number of carboxylic acids is 2. The Hall–Kier alpha value is -5.26. The van der Waals surface area contributed by atoms with Crippen LogP contribution in [-0.4, -0.2) is 79.8 Å². The minimum Gasteiger partial charge on any atom is -0.481 e. The van der Waals surface area contributed by atoms with E-state index in [1.54, 1.807) is 6.20 Å². The van der Waals surface area contributed by atoms with Crippen LogP contribution in [0.5, 0.6) is 0 Å². The molecule has 11 nitrogen and oxygen atoms in total. The molecule has 2 atom stereocenters. The average Bonchev–Trinajstić information content (AvgIpc) is 4.11. The van der Waals surface area contributed by atoms with Crippen LogP contribution < -0.4 is 5.32 Å². The monoisotopic (exact) mass is 755 g/mol. The molecule has 0 bridgehead atoms. The normalized spacial score (nSPS) is 20.0. The van der Waals surface area contributed by atoms with Crippen molar-refractivity contribution < 1.29 is 29.4 Å². The van der Waals surface area contributed by atoms with Gasteiger partial charge in [0.05, 0.1) is 11.8 Å². The number of anilines is 1. The highest BCUT2D eigenvalue weighted by Gasteiger charge is 2.33. The molecule has 56 heavy (non-hydrogen) atoms. The largest absolute Gasteiger partial charge is 0.481 e. The third-order valence-corrected chi connectivity index (χ3v) is 12.3. The lowest BCUT2D eigenvalue weighted by Gasteiger charge is -2.19. The number of Topliss-reactive ketones (excluding diaryl/α,β-unsaturated/α-hetero) is 1. The second-order valence-electron chi connectivity index (χ2n) is 16.3. The first kappa shape index (κ1) is 37.7. The molecule has 2 saturated carbocycles. The van der Waals surface area contributed by atoms with Crippen LogP contribution in [0.4, 0.5) is 5.69 Å². The van der Waals surface area contributed by atoms with Gasteiger partial charge in [-0.05, 0) is 146 Å². The van der Waals surface area contributed by atoms with Gasteiger partial charge in [-0.2, -0.15) is 0 Å². The van der Waals surface area contributed by atoms with Crippen molar-refractivity contribution in [2.24, 2.45) is 11.8 Å². The Morgan fingerprint density at radius 2 is 1.20 bits per heavy atom. The third kappa shape index (κ3) is 8.15. The molecule has 4 heterocycles. The summed E-state index contributed by atoms with van der Waals surface area (Å²) in [7, 11) is 0. The SMILES string of the molecule is Cc1c(CC(=O)c2cc(C3CC3)c(CN3CC[C@@H](C(=O)O)C3)cn2)cccc1-c1cccc(NC(=O)c2cc(C3CC3)c(CN3CC[C@@H](C(=O)O)C3)cn2)c1C. The van der Waals surface area contributed by atoms with E-state index in [2.05, 4.69) is 25.1 Å². The van der Waals surface area contributed by atoms with Gasteiger partial charge in [-0.15, -0.1) is 0 Å². The van der Waals surface area contributed by atoms with Crippen molar-refractivity contribution in [1.82, 2.24) is 19.8 Å². The maximum Gasteiger partial charge on any atom is 0.307 e. The number of benzene rings is 2. The Kier molecular flexibility index (Phi) is 10.6. The molecule has 2 aromatic heterocycles. The number of aliphatic carboxylic acids is 2. The van der Waals surface area contributed by atoms with E-state index in [4.69, 9.17) is 0 Å². The fraction of sp³-hybridized carbons (Fsp3) is 0.422. The predicted octanol–water partition coefficient (Wildman–Crippen LogP) is 7.01. The number of pyridine rings is 2. The van der Waals surface area contributed by atoms with Crippen LogP contribution in [0.2, 0.25) is 0 Å². The van der Waals surface area contributed by atoms with E-state index in [9.17, 15) is 29.4 Å². The molecule has 2 aromatic carbocycles. The zero-order valence-corrected chi connectivity index (χ0v) is 32.1. The van der Waals surface area contributed by atoms with E-state index in [1.807, 2.05) is 68.6 Å². The number of carboxylic acid groups (broad SMARTS) is 2. The molecule has 2 aliphatic carbocycles. The molecule has 290 valence electrons. The van der Waals surface area contributed by atoms with Gasteiger partial charge in [-0.3, -0.25) is 38.9 Å². The maximum atomic E-state index is 13.8. The van der Waals surface area contributed by atoms with Crippen molar-refractivity contribution in [2.75, 3.05) is 31.5 Å². The number of hydrogen-bond acceptors (Lipinski definition) is 8. The number of ketones is 1. The van der Waals surface area contributed by atoms with Crippen molar-refractivity contribution in [3.63, 3.8) is 0 Å². The van der Waals surface area contributed by atoms with E-state index in [0.29, 0.717) is 67.9 Å². The predicted molar refractivity (Wildman–Crippen MR) is 212 cm³/mol. The Bertz CT molecular complexity index is 2060. The first-order valence-corrected chi connectivity index (χ1v) is 19.9. The molecule has 0 unspecified atom stereocenters. The van der Waals surface area contributed by atoms with Gasteiger partial charge in [0, 0.05) is 50.7 Å². The van der Waals surface area contributed by atoms with Crippen molar-refractivity contribution in [2.45, 2.75) is 83.7 Å². The van der Waals surface area contributed by atoms with Gasteiger partial charge >= 0.3 is 11.9 Å². The highest BCUT2D eigenvalue weighted by Crippen LogP contribution is 2.43. The molecule has 2 saturated heterocycles. The van der Waals surface area contributed by atoms with E-state index < -0.39 is 11.9 Å². The Morgan fingerprint density at radius 3 is 1.73 bits per heavy atom. The lowest BCUT2D eigenvalue weighted by Crippen LogP contribution is -2.24. The number of carbonyl (C=O) groups excluding carboxylic acids is 2. The summed E-state index contributed by atoms with van der Waals surface area (Å²) in [4.78, 5) is 63.9. The lowest BCUT2D eigenvalue weighted by atomic mass is 9.90. The summed E-state index contributed by atoms with van der Waals surface area (Å²) in [6.45, 7) is 7.86. The zero-order chi connectivity index (χ0) is 39.1. The summed E-state index contributed by atoms with van der Waals surface area (Å²) in [6.07, 6.45) is 9.44. The van der Waals surface area contributed by atoms with Crippen LogP contribution in [0.1, 0.15) is 110 Å². The first-order valence-electron chi connectivity index (χ1n) is 19.9. The highest BCUT2D eigenvalue weighted by molar-refractivity contribution is 6.04. The molecular formula is C45H49N5O6. The molecule has 3 N–H and O–H groups in total. The number of rotatable bonds is 14. The summed E-state index contributed by atoms with van der Waals surface area (Å²) < 4.78 is 0. The summed E-state index contributed by atoms with van der Waals surface area (Å²) in [5.41, 5.74) is 10.7. The number of aromatic nitrogens is 2. The van der Waals surface area contributed by atoms with Crippen molar-refractivity contribution in [1.29, 1.82) is 0 Å². The fourth-order valence-electron chi connectivity index (χ4n) is 8.61. The number of nitrogens with one attached hydrogen (secondary N) is 1. The van der Waals surface area contributed by atoms with Gasteiger partial charge in [-0.1, -0.05) is 30.3 Å². The van der Waals surface area contributed by atoms with Crippen LogP contribution in [0.25, 0.3) is 11.1 Å². The number of nitrogens with zero attached hydrogens (tertiary/aromatic N) is 4. The van der Waals surface area contributed by atoms with Gasteiger partial charge in [-0.25, -0.2) is 0 Å². The van der Waals surface area contributed by atoms with Crippen molar-refractivity contribution in [3.8, 4) is 11.1 Å². The molecule has 0 radical (unpaired) electrons. The molecule has 11 heteroatoms. The highest BCUT2D eigenvalue weighted by atomic mass is 16.4. The smallest absolute Gasteiger partial charge is 0.307 e. The Balaban J connectivity index is 0.961. The average molecular weight is 756 g/mol. The number of carbonyl (C=O) groups is 4. The molecule has 0 spiro atoms. The molecular weight excluding hydrogens is 707 g/mol. The molecule has 2 aliphatic heterocycles. The van der Waals surface area contributed by atoms with Gasteiger partial charge < -0.3 is 15.5 Å².